The van der Waals surface area contributed by atoms with Crippen molar-refractivity contribution in [3.63, 3.8) is 0 Å². The monoisotopic (exact) mass is 219 g/mol. The van der Waals surface area contributed by atoms with Gasteiger partial charge in [0.15, 0.2) is 0 Å². The molecule has 0 saturated carbocycles. The Morgan fingerprint density at radius 3 is 2.88 bits per heavy atom. The summed E-state index contributed by atoms with van der Waals surface area (Å²) >= 11 is 0. The van der Waals surface area contributed by atoms with Gasteiger partial charge in [0.2, 0.25) is 0 Å². The molecule has 1 saturated heterocycles. The second-order valence-corrected chi connectivity index (χ2v) is 3.99. The molecular formula is C13H19N2O. The van der Waals surface area contributed by atoms with Crippen LogP contribution < -0.4 is 5.32 Å². The molecule has 1 aliphatic rings. The molecule has 16 heavy (non-hydrogen) atoms. The van der Waals surface area contributed by atoms with Gasteiger partial charge in [-0.15, -0.1) is 0 Å². The first-order valence-corrected chi connectivity index (χ1v) is 5.95. The zero-order valence-electron chi connectivity index (χ0n) is 9.78. The molecule has 0 aromatic heterocycles. The van der Waals surface area contributed by atoms with E-state index >= 15 is 0 Å². The summed E-state index contributed by atoms with van der Waals surface area (Å²) in [6, 6.07) is 11.2. The average Bonchev–Trinajstić information content (AvgIpc) is 2.38. The normalized spacial score (nSPS) is 19.3. The molecule has 87 valence electrons. The molecule has 1 radical (unpaired) electrons. The largest absolute Gasteiger partial charge is 0.379 e. The Hall–Kier alpha value is -1.06. The summed E-state index contributed by atoms with van der Waals surface area (Å²) in [5, 5.41) is 3.51. The molecule has 3 nitrogen and oxygen atoms in total. The highest BCUT2D eigenvalue weighted by Crippen LogP contribution is 2.12. The third-order valence-electron chi connectivity index (χ3n) is 2.90. The number of anilines is 1. The van der Waals surface area contributed by atoms with Crippen LogP contribution in [-0.4, -0.2) is 37.4 Å². The third-order valence-corrected chi connectivity index (χ3v) is 2.90. The average molecular weight is 219 g/mol. The fraction of sp³-hybridized carbons (Fsp3) is 0.538. The third kappa shape index (κ3) is 2.97. The number of para-hydroxylation sites is 1. The minimum atomic E-state index is 0.391. The number of ether oxygens (including phenoxy) is 1. The molecular weight excluding hydrogens is 200 g/mol. The number of hydrogen-bond acceptors (Lipinski definition) is 3. The van der Waals surface area contributed by atoms with Gasteiger partial charge < -0.3 is 10.1 Å². The molecule has 3 heteroatoms. The Kier molecular flexibility index (Phi) is 4.19. The smallest absolute Gasteiger partial charge is 0.0792 e. The molecule has 1 N–H and O–H groups in total. The first-order valence-electron chi connectivity index (χ1n) is 5.95. The second-order valence-electron chi connectivity index (χ2n) is 3.99. The number of rotatable bonds is 4. The Morgan fingerprint density at radius 1 is 1.44 bits per heavy atom. The highest BCUT2D eigenvalue weighted by atomic mass is 16.5. The van der Waals surface area contributed by atoms with E-state index in [2.05, 4.69) is 29.3 Å². The fourth-order valence-corrected chi connectivity index (χ4v) is 2.00. The first kappa shape index (κ1) is 11.4. The molecule has 1 unspecified atom stereocenters. The lowest BCUT2D eigenvalue weighted by Gasteiger charge is -2.34. The van der Waals surface area contributed by atoms with Crippen LogP contribution in [0.3, 0.4) is 0 Å². The van der Waals surface area contributed by atoms with Crippen LogP contribution in [0.15, 0.2) is 24.3 Å². The van der Waals surface area contributed by atoms with Crippen molar-refractivity contribution in [3.8, 4) is 0 Å². The van der Waals surface area contributed by atoms with Gasteiger partial charge >= 0.3 is 0 Å². The number of benzene rings is 1. The van der Waals surface area contributed by atoms with Crippen molar-refractivity contribution in [2.75, 3.05) is 31.6 Å². The van der Waals surface area contributed by atoms with E-state index in [4.69, 9.17) is 4.74 Å². The van der Waals surface area contributed by atoms with Crippen molar-refractivity contribution in [2.24, 2.45) is 0 Å². The predicted molar refractivity (Wildman–Crippen MR) is 65.4 cm³/mol. The van der Waals surface area contributed by atoms with Crippen molar-refractivity contribution in [2.45, 2.75) is 19.5 Å². The lowest BCUT2D eigenvalue weighted by atomic mass is 10.2. The summed E-state index contributed by atoms with van der Waals surface area (Å²) < 4.78 is 5.37. The Balaban J connectivity index is 1.94. The quantitative estimate of drug-likeness (QED) is 0.838. The van der Waals surface area contributed by atoms with Gasteiger partial charge in [0.05, 0.1) is 19.4 Å². The molecule has 2 rings (SSSR count). The fourth-order valence-electron chi connectivity index (χ4n) is 2.00. The number of hydrogen-bond donors (Lipinski definition) is 1. The predicted octanol–water partition coefficient (Wildman–Crippen LogP) is 1.97. The van der Waals surface area contributed by atoms with Gasteiger partial charge in [-0.2, -0.15) is 0 Å². The standard InChI is InChI=1S/C13H19N2O/c1-2-13(15-8-10-16-11-9-15)14-12-6-4-3-5-7-12/h3-6,13-14H,2,8-11H2,1H3. The first-order chi connectivity index (χ1) is 7.90. The number of nitrogens with one attached hydrogen (secondary N) is 1. The van der Waals surface area contributed by atoms with Crippen molar-refractivity contribution in [1.82, 2.24) is 4.90 Å². The van der Waals surface area contributed by atoms with E-state index in [-0.39, 0.29) is 0 Å². The van der Waals surface area contributed by atoms with Gasteiger partial charge in [-0.25, -0.2) is 0 Å². The molecule has 1 aliphatic heterocycles. The maximum Gasteiger partial charge on any atom is 0.0792 e. The van der Waals surface area contributed by atoms with Gasteiger partial charge in [0.25, 0.3) is 0 Å². The van der Waals surface area contributed by atoms with Crippen LogP contribution in [0.5, 0.6) is 0 Å². The van der Waals surface area contributed by atoms with Gasteiger partial charge in [-0.1, -0.05) is 25.1 Å². The van der Waals surface area contributed by atoms with Crippen LogP contribution in [0.25, 0.3) is 0 Å². The second kappa shape index (κ2) is 5.87. The van der Waals surface area contributed by atoms with Crippen molar-refractivity contribution >= 4 is 5.69 Å². The summed E-state index contributed by atoms with van der Waals surface area (Å²) in [6.45, 7) is 5.92. The zero-order valence-corrected chi connectivity index (χ0v) is 9.78. The Morgan fingerprint density at radius 2 is 2.25 bits per heavy atom. The minimum absolute atomic E-state index is 0.391. The van der Waals surface area contributed by atoms with Gasteiger partial charge in [-0.3, -0.25) is 4.90 Å². The van der Waals surface area contributed by atoms with E-state index in [1.165, 1.54) is 0 Å². The summed E-state index contributed by atoms with van der Waals surface area (Å²) in [4.78, 5) is 2.43. The maximum atomic E-state index is 5.37. The van der Waals surface area contributed by atoms with Crippen LogP contribution in [0, 0.1) is 6.07 Å². The molecule has 1 aromatic carbocycles. The molecule has 1 atom stereocenters. The van der Waals surface area contributed by atoms with Gasteiger partial charge in [0.1, 0.15) is 0 Å². The number of nitrogens with zero attached hydrogens (tertiary/aromatic N) is 1. The molecule has 0 spiro atoms. The molecule has 0 bridgehead atoms. The van der Waals surface area contributed by atoms with Crippen molar-refractivity contribution < 1.29 is 4.74 Å². The van der Waals surface area contributed by atoms with E-state index in [1.807, 2.05) is 18.2 Å². The van der Waals surface area contributed by atoms with E-state index in [1.54, 1.807) is 0 Å². The summed E-state index contributed by atoms with van der Waals surface area (Å²) in [6.07, 6.45) is 1.48. The zero-order chi connectivity index (χ0) is 11.2. The van der Waals surface area contributed by atoms with Gasteiger partial charge in [-0.05, 0) is 12.5 Å². The lowest BCUT2D eigenvalue weighted by molar-refractivity contribution is 0.0214. The summed E-state index contributed by atoms with van der Waals surface area (Å²) in [5.41, 5.74) is 1.07. The summed E-state index contributed by atoms with van der Waals surface area (Å²) in [7, 11) is 0. The van der Waals surface area contributed by atoms with Crippen LogP contribution in [-0.2, 0) is 4.74 Å². The van der Waals surface area contributed by atoms with E-state index < -0.39 is 0 Å². The van der Waals surface area contributed by atoms with Crippen LogP contribution in [0.4, 0.5) is 5.69 Å². The Bertz CT molecular complexity index is 296. The lowest BCUT2D eigenvalue weighted by Crippen LogP contribution is -2.46. The van der Waals surface area contributed by atoms with Crippen LogP contribution >= 0.6 is 0 Å². The number of morpholine rings is 1. The highest BCUT2D eigenvalue weighted by molar-refractivity contribution is 5.41. The Labute approximate surface area is 97.4 Å². The minimum Gasteiger partial charge on any atom is -0.379 e. The SMILES string of the molecule is CCC(Nc1[c]cccc1)N1CCOCC1. The topological polar surface area (TPSA) is 24.5 Å². The van der Waals surface area contributed by atoms with Crippen LogP contribution in [0.2, 0.25) is 0 Å². The summed E-state index contributed by atoms with van der Waals surface area (Å²) in [5.74, 6) is 0. The molecule has 0 aliphatic carbocycles. The molecule has 0 amide bonds. The molecule has 1 aromatic rings. The van der Waals surface area contributed by atoms with Crippen molar-refractivity contribution in [3.05, 3.63) is 30.3 Å². The van der Waals surface area contributed by atoms with Crippen LogP contribution in [0.1, 0.15) is 13.3 Å². The highest BCUT2D eigenvalue weighted by Gasteiger charge is 2.18. The molecule has 1 heterocycles. The van der Waals surface area contributed by atoms with Gasteiger partial charge in [0, 0.05) is 24.8 Å². The van der Waals surface area contributed by atoms with E-state index in [9.17, 15) is 0 Å². The van der Waals surface area contributed by atoms with E-state index in [0.717, 1.165) is 38.4 Å². The van der Waals surface area contributed by atoms with Crippen molar-refractivity contribution in [1.29, 1.82) is 0 Å². The molecule has 1 fully saturated rings. The maximum absolute atomic E-state index is 5.37. The van der Waals surface area contributed by atoms with E-state index in [0.29, 0.717) is 6.17 Å².